The van der Waals surface area contributed by atoms with Gasteiger partial charge in [-0.2, -0.15) is 0 Å². The van der Waals surface area contributed by atoms with Crippen LogP contribution in [0.5, 0.6) is 11.5 Å². The number of nitrogens with one attached hydrogen (secondary N) is 1. The molecule has 2 aromatic rings. The van der Waals surface area contributed by atoms with Gasteiger partial charge in [-0.1, -0.05) is 18.2 Å². The summed E-state index contributed by atoms with van der Waals surface area (Å²) in [4.78, 5) is 0. The van der Waals surface area contributed by atoms with E-state index in [9.17, 15) is 5.11 Å². The number of ether oxygens (including phenoxy) is 2. The maximum Gasteiger partial charge on any atom is 0.122 e. The SMILES string of the molecule is OCC(O)CNc1ccc(OCCOc2ccccc2)cc1. The van der Waals surface area contributed by atoms with Gasteiger partial charge in [0, 0.05) is 12.2 Å². The standard InChI is InChI=1S/C17H21NO4/c19-13-15(20)12-18-14-6-8-17(9-7-14)22-11-10-21-16-4-2-1-3-5-16/h1-9,15,18-20H,10-13H2. The van der Waals surface area contributed by atoms with E-state index in [4.69, 9.17) is 14.6 Å². The van der Waals surface area contributed by atoms with Crippen LogP contribution in [0.15, 0.2) is 54.6 Å². The fraction of sp³-hybridized carbons (Fsp3) is 0.294. The molecule has 1 unspecified atom stereocenters. The predicted molar refractivity (Wildman–Crippen MR) is 85.5 cm³/mol. The molecule has 2 rings (SSSR count). The van der Waals surface area contributed by atoms with E-state index in [0.717, 1.165) is 17.2 Å². The summed E-state index contributed by atoms with van der Waals surface area (Å²) in [5.41, 5.74) is 0.861. The van der Waals surface area contributed by atoms with Crippen molar-refractivity contribution in [2.45, 2.75) is 6.10 Å². The zero-order valence-corrected chi connectivity index (χ0v) is 12.3. The normalized spacial score (nSPS) is 11.7. The van der Waals surface area contributed by atoms with Crippen LogP contribution < -0.4 is 14.8 Å². The molecular formula is C17H21NO4. The summed E-state index contributed by atoms with van der Waals surface area (Å²) in [7, 11) is 0. The Bertz CT molecular complexity index is 530. The summed E-state index contributed by atoms with van der Waals surface area (Å²) in [6, 6.07) is 17.0. The number of anilines is 1. The molecule has 0 aromatic heterocycles. The zero-order chi connectivity index (χ0) is 15.6. The summed E-state index contributed by atoms with van der Waals surface area (Å²) < 4.78 is 11.1. The van der Waals surface area contributed by atoms with Crippen molar-refractivity contribution in [2.75, 3.05) is 31.7 Å². The third kappa shape index (κ3) is 5.63. The minimum atomic E-state index is -0.758. The number of aliphatic hydroxyl groups excluding tert-OH is 2. The Morgan fingerprint density at radius 1 is 0.864 bits per heavy atom. The van der Waals surface area contributed by atoms with Crippen molar-refractivity contribution in [3.05, 3.63) is 54.6 Å². The first-order valence-electron chi connectivity index (χ1n) is 7.21. The molecule has 0 spiro atoms. The van der Waals surface area contributed by atoms with E-state index in [0.29, 0.717) is 19.8 Å². The van der Waals surface area contributed by atoms with E-state index in [1.54, 1.807) is 0 Å². The van der Waals surface area contributed by atoms with Crippen LogP contribution in [0.3, 0.4) is 0 Å². The van der Waals surface area contributed by atoms with Gasteiger partial charge in [0.25, 0.3) is 0 Å². The molecule has 0 radical (unpaired) electrons. The monoisotopic (exact) mass is 303 g/mol. The van der Waals surface area contributed by atoms with E-state index in [-0.39, 0.29) is 6.61 Å². The summed E-state index contributed by atoms with van der Waals surface area (Å²) >= 11 is 0. The van der Waals surface area contributed by atoms with E-state index in [1.165, 1.54) is 0 Å². The summed E-state index contributed by atoms with van der Waals surface area (Å²) in [5, 5.41) is 21.0. The topological polar surface area (TPSA) is 71.0 Å². The Morgan fingerprint density at radius 2 is 1.45 bits per heavy atom. The Labute approximate surface area is 130 Å². The number of hydrogen-bond donors (Lipinski definition) is 3. The maximum atomic E-state index is 9.26. The number of rotatable bonds is 9. The van der Waals surface area contributed by atoms with Crippen LogP contribution in [0.25, 0.3) is 0 Å². The molecule has 5 nitrogen and oxygen atoms in total. The average molecular weight is 303 g/mol. The quantitative estimate of drug-likeness (QED) is 0.617. The molecule has 0 aliphatic carbocycles. The van der Waals surface area contributed by atoms with Crippen LogP contribution >= 0.6 is 0 Å². The molecule has 0 amide bonds. The van der Waals surface area contributed by atoms with E-state index in [1.807, 2.05) is 54.6 Å². The summed E-state index contributed by atoms with van der Waals surface area (Å²) in [6.45, 7) is 0.995. The van der Waals surface area contributed by atoms with Gasteiger partial charge < -0.3 is 25.0 Å². The van der Waals surface area contributed by atoms with Gasteiger partial charge in [0.15, 0.2) is 0 Å². The maximum absolute atomic E-state index is 9.26. The Balaban J connectivity index is 1.68. The third-order valence-corrected chi connectivity index (χ3v) is 2.97. The van der Waals surface area contributed by atoms with Crippen molar-refractivity contribution < 1.29 is 19.7 Å². The smallest absolute Gasteiger partial charge is 0.122 e. The van der Waals surface area contributed by atoms with Crippen LogP contribution in [-0.4, -0.2) is 42.7 Å². The Morgan fingerprint density at radius 3 is 2.05 bits per heavy atom. The van der Waals surface area contributed by atoms with Crippen LogP contribution in [0.2, 0.25) is 0 Å². The molecule has 0 fully saturated rings. The Hall–Kier alpha value is -2.24. The summed E-state index contributed by atoms with van der Waals surface area (Å²) in [5.74, 6) is 1.58. The van der Waals surface area contributed by atoms with Gasteiger partial charge in [-0.05, 0) is 36.4 Å². The van der Waals surface area contributed by atoms with Crippen molar-refractivity contribution in [1.29, 1.82) is 0 Å². The van der Waals surface area contributed by atoms with Gasteiger partial charge in [-0.15, -0.1) is 0 Å². The zero-order valence-electron chi connectivity index (χ0n) is 12.3. The largest absolute Gasteiger partial charge is 0.490 e. The molecule has 0 saturated heterocycles. The second-order valence-corrected chi connectivity index (χ2v) is 4.75. The average Bonchev–Trinajstić information content (AvgIpc) is 2.58. The molecule has 0 bridgehead atoms. The molecule has 0 aliphatic rings. The van der Waals surface area contributed by atoms with Crippen LogP contribution in [0.4, 0.5) is 5.69 Å². The Kier molecular flexibility index (Phi) is 6.54. The van der Waals surface area contributed by atoms with Gasteiger partial charge in [0.05, 0.1) is 12.7 Å². The minimum absolute atomic E-state index is 0.254. The fourth-order valence-corrected chi connectivity index (χ4v) is 1.80. The lowest BCUT2D eigenvalue weighted by Gasteiger charge is -2.11. The van der Waals surface area contributed by atoms with Gasteiger partial charge in [0.2, 0.25) is 0 Å². The second-order valence-electron chi connectivity index (χ2n) is 4.75. The van der Waals surface area contributed by atoms with Crippen molar-refractivity contribution in [3.8, 4) is 11.5 Å². The highest BCUT2D eigenvalue weighted by molar-refractivity contribution is 5.46. The van der Waals surface area contributed by atoms with E-state index in [2.05, 4.69) is 5.32 Å². The third-order valence-electron chi connectivity index (χ3n) is 2.97. The van der Waals surface area contributed by atoms with Gasteiger partial charge in [-0.25, -0.2) is 0 Å². The highest BCUT2D eigenvalue weighted by Gasteiger charge is 2.01. The van der Waals surface area contributed by atoms with Crippen LogP contribution in [0.1, 0.15) is 0 Å². The van der Waals surface area contributed by atoms with Crippen molar-refractivity contribution in [1.82, 2.24) is 0 Å². The van der Waals surface area contributed by atoms with Gasteiger partial charge in [-0.3, -0.25) is 0 Å². The molecule has 118 valence electrons. The van der Waals surface area contributed by atoms with Crippen molar-refractivity contribution in [3.63, 3.8) is 0 Å². The lowest BCUT2D eigenvalue weighted by Crippen LogP contribution is -2.22. The van der Waals surface area contributed by atoms with Crippen LogP contribution in [0, 0.1) is 0 Å². The second kappa shape index (κ2) is 8.92. The highest BCUT2D eigenvalue weighted by atomic mass is 16.5. The number of aliphatic hydroxyl groups is 2. The van der Waals surface area contributed by atoms with Crippen LogP contribution in [-0.2, 0) is 0 Å². The minimum Gasteiger partial charge on any atom is -0.490 e. The highest BCUT2D eigenvalue weighted by Crippen LogP contribution is 2.16. The number of benzene rings is 2. The number of para-hydroxylation sites is 1. The lowest BCUT2D eigenvalue weighted by molar-refractivity contribution is 0.105. The summed E-state index contributed by atoms with van der Waals surface area (Å²) in [6.07, 6.45) is -0.758. The van der Waals surface area contributed by atoms with E-state index >= 15 is 0 Å². The fourth-order valence-electron chi connectivity index (χ4n) is 1.80. The first-order chi connectivity index (χ1) is 10.8. The molecule has 3 N–H and O–H groups in total. The lowest BCUT2D eigenvalue weighted by atomic mass is 10.3. The predicted octanol–water partition coefficient (Wildman–Crippen LogP) is 1.91. The molecule has 22 heavy (non-hydrogen) atoms. The molecular weight excluding hydrogens is 282 g/mol. The van der Waals surface area contributed by atoms with E-state index < -0.39 is 6.10 Å². The van der Waals surface area contributed by atoms with Gasteiger partial charge in [0.1, 0.15) is 24.7 Å². The molecule has 1 atom stereocenters. The molecule has 0 heterocycles. The molecule has 0 aliphatic heterocycles. The molecule has 2 aromatic carbocycles. The first-order valence-corrected chi connectivity index (χ1v) is 7.21. The molecule has 0 saturated carbocycles. The number of hydrogen-bond acceptors (Lipinski definition) is 5. The van der Waals surface area contributed by atoms with Crippen molar-refractivity contribution >= 4 is 5.69 Å². The van der Waals surface area contributed by atoms with Gasteiger partial charge >= 0.3 is 0 Å². The molecule has 5 heteroatoms. The van der Waals surface area contributed by atoms with Crippen molar-refractivity contribution in [2.24, 2.45) is 0 Å². The first kappa shape index (κ1) is 16.1.